The second kappa shape index (κ2) is 6.74. The van der Waals surface area contributed by atoms with Crippen molar-refractivity contribution in [1.29, 1.82) is 0 Å². The van der Waals surface area contributed by atoms with E-state index in [9.17, 15) is 13.2 Å². The summed E-state index contributed by atoms with van der Waals surface area (Å²) in [6.07, 6.45) is -3.72. The fourth-order valence-corrected chi connectivity index (χ4v) is 1.46. The molecule has 0 aliphatic rings. The third-order valence-electron chi connectivity index (χ3n) is 2.25. The van der Waals surface area contributed by atoms with Gasteiger partial charge in [-0.3, -0.25) is 0 Å². The van der Waals surface area contributed by atoms with Gasteiger partial charge in [0, 0.05) is 12.6 Å². The normalized spacial score (nSPS) is 12.2. The van der Waals surface area contributed by atoms with E-state index in [0.717, 1.165) is 4.90 Å². The van der Waals surface area contributed by atoms with Gasteiger partial charge in [-0.1, -0.05) is 25.9 Å². The number of aromatic nitrogens is 2. The van der Waals surface area contributed by atoms with Crippen molar-refractivity contribution in [2.45, 2.75) is 46.0 Å². The Morgan fingerprint density at radius 3 is 2.53 bits per heavy atom. The van der Waals surface area contributed by atoms with Gasteiger partial charge in [-0.25, -0.2) is 0 Å². The monoisotopic (exact) mass is 280 g/mol. The molecule has 0 aliphatic heterocycles. The average molecular weight is 280 g/mol. The summed E-state index contributed by atoms with van der Waals surface area (Å²) in [5.74, 6) is 0.284. The topological polar surface area (TPSA) is 54.2 Å². The molecule has 19 heavy (non-hydrogen) atoms. The molecule has 1 aromatic rings. The Morgan fingerprint density at radius 1 is 1.32 bits per heavy atom. The summed E-state index contributed by atoms with van der Waals surface area (Å²) < 4.78 is 42.5. The average Bonchev–Trinajstić information content (AvgIpc) is 2.72. The van der Waals surface area contributed by atoms with E-state index in [-0.39, 0.29) is 24.5 Å². The van der Waals surface area contributed by atoms with Crippen LogP contribution in [-0.4, -0.2) is 35.5 Å². The molecule has 0 amide bonds. The van der Waals surface area contributed by atoms with Gasteiger partial charge < -0.3 is 14.6 Å². The molecule has 1 rings (SSSR count). The highest BCUT2D eigenvalue weighted by Crippen LogP contribution is 2.21. The fraction of sp³-hybridized carbons (Fsp3) is 0.818. The first-order valence-electron chi connectivity index (χ1n) is 6.19. The van der Waals surface area contributed by atoms with Crippen LogP contribution in [0.3, 0.4) is 0 Å². The number of alkyl halides is 3. The standard InChI is InChI=1S/C11H19F3N4O/c1-4-5-18(7-11(12,13)14)10-17-16-9(19-10)6-15-8(2)3/h8,15H,4-7H2,1-3H3. The van der Waals surface area contributed by atoms with Crippen LogP contribution in [0.4, 0.5) is 19.2 Å². The number of anilines is 1. The van der Waals surface area contributed by atoms with Gasteiger partial charge in [0.25, 0.3) is 0 Å². The Labute approximate surface area is 110 Å². The molecule has 1 aromatic heterocycles. The summed E-state index contributed by atoms with van der Waals surface area (Å²) in [6.45, 7) is 5.17. The highest BCUT2D eigenvalue weighted by atomic mass is 19.4. The van der Waals surface area contributed by atoms with Gasteiger partial charge in [-0.05, 0) is 6.42 Å². The zero-order valence-corrected chi connectivity index (χ0v) is 11.3. The van der Waals surface area contributed by atoms with Crippen molar-refractivity contribution in [1.82, 2.24) is 15.5 Å². The van der Waals surface area contributed by atoms with Crippen LogP contribution in [0, 0.1) is 0 Å². The molecule has 1 heterocycles. The molecule has 0 bridgehead atoms. The second-order valence-electron chi connectivity index (χ2n) is 4.55. The van der Waals surface area contributed by atoms with E-state index < -0.39 is 12.7 Å². The Morgan fingerprint density at radius 2 is 2.00 bits per heavy atom. The Balaban J connectivity index is 2.69. The Kier molecular flexibility index (Phi) is 5.59. The van der Waals surface area contributed by atoms with Gasteiger partial charge in [0.2, 0.25) is 5.89 Å². The first kappa shape index (κ1) is 15.7. The van der Waals surface area contributed by atoms with Crippen LogP contribution in [0.5, 0.6) is 0 Å². The first-order valence-corrected chi connectivity index (χ1v) is 6.19. The molecule has 1 N–H and O–H groups in total. The smallest absolute Gasteiger partial charge is 0.406 e. The molecule has 0 fully saturated rings. The minimum atomic E-state index is -4.29. The van der Waals surface area contributed by atoms with Crippen LogP contribution in [0.15, 0.2) is 4.42 Å². The summed E-state index contributed by atoms with van der Waals surface area (Å²) in [5.41, 5.74) is 0. The number of hydrogen-bond donors (Lipinski definition) is 1. The first-order chi connectivity index (χ1) is 8.81. The molecule has 0 aromatic carbocycles. The zero-order valence-electron chi connectivity index (χ0n) is 11.3. The molecule has 110 valence electrons. The molecular formula is C11H19F3N4O. The van der Waals surface area contributed by atoms with E-state index in [4.69, 9.17) is 4.42 Å². The third-order valence-corrected chi connectivity index (χ3v) is 2.25. The van der Waals surface area contributed by atoms with E-state index in [1.165, 1.54) is 0 Å². The lowest BCUT2D eigenvalue weighted by Crippen LogP contribution is -2.35. The minimum Gasteiger partial charge on any atom is -0.407 e. The van der Waals surface area contributed by atoms with Crippen molar-refractivity contribution in [2.75, 3.05) is 18.0 Å². The largest absolute Gasteiger partial charge is 0.407 e. The van der Waals surface area contributed by atoms with Gasteiger partial charge in [0.1, 0.15) is 6.54 Å². The predicted octanol–water partition coefficient (Wildman–Crippen LogP) is 2.35. The van der Waals surface area contributed by atoms with E-state index in [2.05, 4.69) is 15.5 Å². The molecule has 0 saturated heterocycles. The van der Waals surface area contributed by atoms with Gasteiger partial charge in [0.05, 0.1) is 6.54 Å². The highest BCUT2D eigenvalue weighted by Gasteiger charge is 2.32. The molecule has 0 unspecified atom stereocenters. The lowest BCUT2D eigenvalue weighted by molar-refractivity contribution is -0.120. The molecule has 0 atom stereocenters. The van der Waals surface area contributed by atoms with Crippen LogP contribution in [0.2, 0.25) is 0 Å². The van der Waals surface area contributed by atoms with Crippen molar-refractivity contribution in [2.24, 2.45) is 0 Å². The summed E-state index contributed by atoms with van der Waals surface area (Å²) in [5, 5.41) is 10.5. The number of hydrogen-bond acceptors (Lipinski definition) is 5. The maximum absolute atomic E-state index is 12.4. The Bertz CT molecular complexity index is 378. The lowest BCUT2D eigenvalue weighted by atomic mass is 10.4. The molecule has 0 radical (unpaired) electrons. The zero-order chi connectivity index (χ0) is 14.5. The number of nitrogens with zero attached hydrogens (tertiary/aromatic N) is 3. The number of nitrogens with one attached hydrogen (secondary N) is 1. The number of rotatable bonds is 7. The van der Waals surface area contributed by atoms with Crippen LogP contribution in [0.1, 0.15) is 33.1 Å². The van der Waals surface area contributed by atoms with Gasteiger partial charge >= 0.3 is 12.2 Å². The molecule has 8 heteroatoms. The van der Waals surface area contributed by atoms with E-state index >= 15 is 0 Å². The van der Waals surface area contributed by atoms with E-state index in [1.807, 2.05) is 13.8 Å². The molecule has 0 spiro atoms. The fourth-order valence-electron chi connectivity index (χ4n) is 1.46. The van der Waals surface area contributed by atoms with Crippen molar-refractivity contribution in [3.8, 4) is 0 Å². The minimum absolute atomic E-state index is 0.0836. The quantitative estimate of drug-likeness (QED) is 0.831. The highest BCUT2D eigenvalue weighted by molar-refractivity contribution is 5.24. The van der Waals surface area contributed by atoms with Gasteiger partial charge in [0.15, 0.2) is 0 Å². The van der Waals surface area contributed by atoms with Crippen molar-refractivity contribution in [3.63, 3.8) is 0 Å². The maximum Gasteiger partial charge on any atom is 0.406 e. The lowest BCUT2D eigenvalue weighted by Gasteiger charge is -2.20. The Hall–Kier alpha value is -1.31. The van der Waals surface area contributed by atoms with Crippen LogP contribution in [-0.2, 0) is 6.54 Å². The van der Waals surface area contributed by atoms with Crippen molar-refractivity contribution in [3.05, 3.63) is 5.89 Å². The summed E-state index contributed by atoms with van der Waals surface area (Å²) in [4.78, 5) is 1.05. The van der Waals surface area contributed by atoms with Crippen LogP contribution in [0.25, 0.3) is 0 Å². The molecule has 0 saturated carbocycles. The van der Waals surface area contributed by atoms with Crippen molar-refractivity contribution < 1.29 is 17.6 Å². The van der Waals surface area contributed by atoms with E-state index in [1.54, 1.807) is 6.92 Å². The molecule has 5 nitrogen and oxygen atoms in total. The summed E-state index contributed by atoms with van der Waals surface area (Å²) >= 11 is 0. The summed E-state index contributed by atoms with van der Waals surface area (Å²) in [7, 11) is 0. The number of halogens is 3. The van der Waals surface area contributed by atoms with Crippen molar-refractivity contribution >= 4 is 6.01 Å². The van der Waals surface area contributed by atoms with Crippen LogP contribution < -0.4 is 10.2 Å². The summed E-state index contributed by atoms with van der Waals surface area (Å²) in [6, 6.07) is 0.150. The molecule has 0 aliphatic carbocycles. The van der Waals surface area contributed by atoms with E-state index in [0.29, 0.717) is 13.0 Å². The molecular weight excluding hydrogens is 261 g/mol. The van der Waals surface area contributed by atoms with Crippen LogP contribution >= 0.6 is 0 Å². The van der Waals surface area contributed by atoms with Gasteiger partial charge in [-0.2, -0.15) is 13.2 Å². The SMILES string of the molecule is CCCN(CC(F)(F)F)c1nnc(CNC(C)C)o1. The second-order valence-corrected chi connectivity index (χ2v) is 4.55. The predicted molar refractivity (Wildman–Crippen MR) is 64.8 cm³/mol. The maximum atomic E-state index is 12.4. The van der Waals surface area contributed by atoms with Gasteiger partial charge in [-0.15, -0.1) is 5.10 Å². The third kappa shape index (κ3) is 5.91.